The van der Waals surface area contributed by atoms with E-state index in [0.29, 0.717) is 27.7 Å². The minimum Gasteiger partial charge on any atom is -0.275 e. The fourth-order valence-corrected chi connectivity index (χ4v) is 3.79. The molecule has 0 atom stereocenters. The number of hydrogen-bond acceptors (Lipinski definition) is 6. The van der Waals surface area contributed by atoms with Crippen molar-refractivity contribution < 1.29 is 13.7 Å². The lowest BCUT2D eigenvalue weighted by atomic mass is 9.99. The standard InChI is InChI=1S/C22H15F2N7O2/c1-29-7-6-17(27-29)12-8-18-13(9-19(12)31(32)33)21(26-11-25-18)14-10-30(2)28-22(14)20-15(23)4-3-5-16(20)24/h3-11H,1-2H3. The molecule has 0 N–H and O–H groups in total. The molecule has 0 aliphatic heterocycles. The summed E-state index contributed by atoms with van der Waals surface area (Å²) in [4.78, 5) is 19.9. The maximum absolute atomic E-state index is 14.5. The van der Waals surface area contributed by atoms with E-state index in [9.17, 15) is 18.9 Å². The van der Waals surface area contributed by atoms with Crippen LogP contribution in [0, 0.1) is 21.7 Å². The van der Waals surface area contributed by atoms with Crippen LogP contribution in [0.3, 0.4) is 0 Å². The summed E-state index contributed by atoms with van der Waals surface area (Å²) in [6.07, 6.45) is 4.53. The zero-order chi connectivity index (χ0) is 23.3. The summed E-state index contributed by atoms with van der Waals surface area (Å²) >= 11 is 0. The van der Waals surface area contributed by atoms with Crippen LogP contribution in [0.1, 0.15) is 0 Å². The van der Waals surface area contributed by atoms with Gasteiger partial charge in [-0.3, -0.25) is 19.5 Å². The summed E-state index contributed by atoms with van der Waals surface area (Å²) in [5.41, 5.74) is 1.24. The van der Waals surface area contributed by atoms with Crippen molar-refractivity contribution in [2.24, 2.45) is 14.1 Å². The molecule has 3 aromatic heterocycles. The van der Waals surface area contributed by atoms with E-state index in [2.05, 4.69) is 20.2 Å². The zero-order valence-electron chi connectivity index (χ0n) is 17.4. The lowest BCUT2D eigenvalue weighted by Crippen LogP contribution is -1.98. The average Bonchev–Trinajstić information content (AvgIpc) is 3.37. The van der Waals surface area contributed by atoms with Crippen LogP contribution < -0.4 is 0 Å². The van der Waals surface area contributed by atoms with Gasteiger partial charge in [0.15, 0.2) is 0 Å². The number of aryl methyl sites for hydroxylation is 2. The maximum Gasteiger partial charge on any atom is 0.279 e. The van der Waals surface area contributed by atoms with Crippen LogP contribution in [0.5, 0.6) is 0 Å². The summed E-state index contributed by atoms with van der Waals surface area (Å²) in [5, 5.41) is 20.7. The van der Waals surface area contributed by atoms with Gasteiger partial charge in [-0.1, -0.05) is 6.07 Å². The van der Waals surface area contributed by atoms with Gasteiger partial charge in [-0.25, -0.2) is 18.7 Å². The Bertz CT molecular complexity index is 1540. The van der Waals surface area contributed by atoms with E-state index in [0.717, 1.165) is 12.1 Å². The van der Waals surface area contributed by atoms with Gasteiger partial charge in [0.1, 0.15) is 23.7 Å². The molecular formula is C22H15F2N7O2. The monoisotopic (exact) mass is 447 g/mol. The molecule has 33 heavy (non-hydrogen) atoms. The summed E-state index contributed by atoms with van der Waals surface area (Å²) in [6, 6.07) is 8.11. The fraction of sp³-hybridized carbons (Fsp3) is 0.0909. The number of nitro benzene ring substituents is 1. The van der Waals surface area contributed by atoms with E-state index in [-0.39, 0.29) is 22.6 Å². The molecule has 0 unspecified atom stereocenters. The third kappa shape index (κ3) is 3.39. The van der Waals surface area contributed by atoms with E-state index in [4.69, 9.17) is 0 Å². The Morgan fingerprint density at radius 3 is 2.36 bits per heavy atom. The van der Waals surface area contributed by atoms with Crippen molar-refractivity contribution in [3.8, 4) is 33.8 Å². The minimum atomic E-state index is -0.781. The first-order chi connectivity index (χ1) is 15.8. The van der Waals surface area contributed by atoms with E-state index >= 15 is 0 Å². The molecule has 0 bridgehead atoms. The van der Waals surface area contributed by atoms with Crippen LogP contribution in [-0.2, 0) is 14.1 Å². The van der Waals surface area contributed by atoms with Gasteiger partial charge in [-0.05, 0) is 24.3 Å². The highest BCUT2D eigenvalue weighted by molar-refractivity contribution is 5.99. The Kier molecular flexibility index (Phi) is 4.66. The van der Waals surface area contributed by atoms with E-state index in [1.165, 1.54) is 23.1 Å². The number of rotatable bonds is 4. The van der Waals surface area contributed by atoms with Crippen LogP contribution in [0.2, 0.25) is 0 Å². The van der Waals surface area contributed by atoms with E-state index < -0.39 is 16.6 Å². The van der Waals surface area contributed by atoms with Gasteiger partial charge >= 0.3 is 0 Å². The largest absolute Gasteiger partial charge is 0.279 e. The number of hydrogen-bond donors (Lipinski definition) is 0. The number of fused-ring (bicyclic) bond motifs is 1. The second-order valence-corrected chi connectivity index (χ2v) is 7.40. The van der Waals surface area contributed by atoms with Gasteiger partial charge in [0.25, 0.3) is 5.69 Å². The van der Waals surface area contributed by atoms with Gasteiger partial charge < -0.3 is 0 Å². The van der Waals surface area contributed by atoms with Gasteiger partial charge in [0.05, 0.1) is 33.0 Å². The second-order valence-electron chi connectivity index (χ2n) is 7.40. The van der Waals surface area contributed by atoms with E-state index in [1.807, 2.05) is 0 Å². The first kappa shape index (κ1) is 20.4. The molecule has 0 fully saturated rings. The molecular weight excluding hydrogens is 432 g/mol. The van der Waals surface area contributed by atoms with Crippen LogP contribution in [0.4, 0.5) is 14.5 Å². The molecule has 0 saturated heterocycles. The first-order valence-electron chi connectivity index (χ1n) is 9.75. The smallest absolute Gasteiger partial charge is 0.275 e. The van der Waals surface area contributed by atoms with Crippen LogP contribution >= 0.6 is 0 Å². The number of nitro groups is 1. The lowest BCUT2D eigenvalue weighted by molar-refractivity contribution is -0.384. The molecule has 0 saturated carbocycles. The molecule has 0 amide bonds. The number of nitrogens with zero attached hydrogens (tertiary/aromatic N) is 7. The second kappa shape index (κ2) is 7.55. The number of halogens is 2. The van der Waals surface area contributed by atoms with Gasteiger partial charge in [0.2, 0.25) is 0 Å². The summed E-state index contributed by atoms with van der Waals surface area (Å²) in [7, 11) is 3.32. The minimum absolute atomic E-state index is 0.0320. The van der Waals surface area contributed by atoms with Crippen molar-refractivity contribution in [3.05, 3.63) is 76.9 Å². The molecule has 164 valence electrons. The summed E-state index contributed by atoms with van der Waals surface area (Å²) in [5.74, 6) is -1.56. The molecule has 3 heterocycles. The molecule has 0 radical (unpaired) electrons. The molecule has 5 aromatic rings. The van der Waals surface area contributed by atoms with E-state index in [1.54, 1.807) is 43.3 Å². The number of benzene rings is 2. The molecule has 0 spiro atoms. The van der Waals surface area contributed by atoms with Crippen molar-refractivity contribution >= 4 is 16.6 Å². The lowest BCUT2D eigenvalue weighted by Gasteiger charge is -2.09. The van der Waals surface area contributed by atoms with Crippen molar-refractivity contribution in [2.75, 3.05) is 0 Å². The molecule has 0 aliphatic rings. The highest BCUT2D eigenvalue weighted by Crippen LogP contribution is 2.39. The van der Waals surface area contributed by atoms with Crippen LogP contribution in [0.25, 0.3) is 44.7 Å². The third-order valence-corrected chi connectivity index (χ3v) is 5.22. The SMILES string of the molecule is Cn1ccc(-c2cc3ncnc(-c4cn(C)nc4-c4c(F)cccc4F)c3cc2[N+](=O)[O-])n1. The maximum atomic E-state index is 14.5. The predicted octanol–water partition coefficient (Wildman–Crippen LogP) is 4.28. The Morgan fingerprint density at radius 2 is 1.70 bits per heavy atom. The zero-order valence-corrected chi connectivity index (χ0v) is 17.4. The van der Waals surface area contributed by atoms with Gasteiger partial charge in [-0.15, -0.1) is 0 Å². The van der Waals surface area contributed by atoms with Gasteiger partial charge in [-0.2, -0.15) is 10.2 Å². The first-order valence-corrected chi connectivity index (χ1v) is 9.75. The normalized spacial score (nSPS) is 11.3. The summed E-state index contributed by atoms with van der Waals surface area (Å²) in [6.45, 7) is 0. The highest BCUT2D eigenvalue weighted by atomic mass is 19.1. The highest BCUT2D eigenvalue weighted by Gasteiger charge is 2.25. The fourth-order valence-electron chi connectivity index (χ4n) is 3.79. The summed E-state index contributed by atoms with van der Waals surface area (Å²) < 4.78 is 32.0. The Morgan fingerprint density at radius 1 is 0.939 bits per heavy atom. The Balaban J connectivity index is 1.80. The van der Waals surface area contributed by atoms with Crippen LogP contribution in [0.15, 0.2) is 55.1 Å². The van der Waals surface area contributed by atoms with Crippen molar-refractivity contribution in [1.82, 2.24) is 29.5 Å². The molecule has 5 rings (SSSR count). The third-order valence-electron chi connectivity index (χ3n) is 5.22. The predicted molar refractivity (Wildman–Crippen MR) is 116 cm³/mol. The van der Waals surface area contributed by atoms with Crippen molar-refractivity contribution in [1.29, 1.82) is 0 Å². The molecule has 2 aromatic carbocycles. The van der Waals surface area contributed by atoms with Crippen molar-refractivity contribution in [3.63, 3.8) is 0 Å². The topological polar surface area (TPSA) is 105 Å². The van der Waals surface area contributed by atoms with Crippen molar-refractivity contribution in [2.45, 2.75) is 0 Å². The quantitative estimate of drug-likeness (QED) is 0.301. The number of aromatic nitrogens is 6. The van der Waals surface area contributed by atoms with Gasteiger partial charge in [0, 0.05) is 43.5 Å². The Hall–Kier alpha value is -4.54. The Labute approximate surface area is 185 Å². The average molecular weight is 447 g/mol. The molecule has 0 aliphatic carbocycles. The molecule has 9 nitrogen and oxygen atoms in total. The molecule has 11 heteroatoms. The van der Waals surface area contributed by atoms with Crippen LogP contribution in [-0.4, -0.2) is 34.5 Å².